The van der Waals surface area contributed by atoms with Gasteiger partial charge < -0.3 is 10.1 Å². The van der Waals surface area contributed by atoms with Crippen LogP contribution >= 0.6 is 0 Å². The third-order valence-electron chi connectivity index (χ3n) is 3.25. The number of hydrogen-bond donors (Lipinski definition) is 1. The zero-order chi connectivity index (χ0) is 15.5. The lowest BCUT2D eigenvalue weighted by Crippen LogP contribution is -2.24. The van der Waals surface area contributed by atoms with Crippen molar-refractivity contribution in [2.45, 2.75) is 25.7 Å². The number of carbonyl (C=O) groups excluding carboxylic acids is 1. The Labute approximate surface area is 131 Å². The van der Waals surface area contributed by atoms with Gasteiger partial charge in [0.25, 0.3) is 0 Å². The molecule has 0 aliphatic heterocycles. The van der Waals surface area contributed by atoms with Crippen LogP contribution in [0.3, 0.4) is 0 Å². The van der Waals surface area contributed by atoms with Crippen molar-refractivity contribution in [3.63, 3.8) is 0 Å². The molecule has 1 heterocycles. The van der Waals surface area contributed by atoms with E-state index in [2.05, 4.69) is 16.4 Å². The minimum atomic E-state index is 0.0860. The van der Waals surface area contributed by atoms with E-state index in [0.29, 0.717) is 19.6 Å². The summed E-state index contributed by atoms with van der Waals surface area (Å²) in [5.74, 6) is 0.933. The van der Waals surface area contributed by atoms with Crippen molar-refractivity contribution in [1.82, 2.24) is 10.3 Å². The summed E-state index contributed by atoms with van der Waals surface area (Å²) in [6.45, 7) is 1.26. The van der Waals surface area contributed by atoms with Gasteiger partial charge >= 0.3 is 0 Å². The lowest BCUT2D eigenvalue weighted by atomic mass is 10.1. The van der Waals surface area contributed by atoms with Crippen LogP contribution in [0.4, 0.5) is 0 Å². The van der Waals surface area contributed by atoms with Crippen LogP contribution < -0.4 is 10.1 Å². The number of aryl methyl sites for hydroxylation is 1. The number of pyridine rings is 1. The van der Waals surface area contributed by atoms with Crippen molar-refractivity contribution in [3.05, 3.63) is 60.4 Å². The molecule has 0 saturated heterocycles. The minimum absolute atomic E-state index is 0.0860. The maximum atomic E-state index is 11.7. The molecule has 0 radical (unpaired) electrons. The van der Waals surface area contributed by atoms with Gasteiger partial charge in [0, 0.05) is 25.4 Å². The molecule has 0 atom stereocenters. The Morgan fingerprint density at radius 2 is 1.95 bits per heavy atom. The monoisotopic (exact) mass is 298 g/mol. The maximum Gasteiger partial charge on any atom is 0.220 e. The highest BCUT2D eigenvalue weighted by Crippen LogP contribution is 2.08. The zero-order valence-electron chi connectivity index (χ0n) is 12.7. The van der Waals surface area contributed by atoms with Gasteiger partial charge in [-0.15, -0.1) is 0 Å². The number of nitrogens with zero attached hydrogens (tertiary/aromatic N) is 1. The highest BCUT2D eigenvalue weighted by Gasteiger charge is 2.01. The molecule has 0 fully saturated rings. The van der Waals surface area contributed by atoms with Crippen molar-refractivity contribution < 1.29 is 9.53 Å². The molecule has 116 valence electrons. The molecule has 4 nitrogen and oxygen atoms in total. The molecule has 0 saturated carbocycles. The number of aromatic nitrogens is 1. The van der Waals surface area contributed by atoms with Crippen LogP contribution in [0.25, 0.3) is 0 Å². The van der Waals surface area contributed by atoms with E-state index >= 15 is 0 Å². The van der Waals surface area contributed by atoms with Crippen LogP contribution in [-0.2, 0) is 11.2 Å². The van der Waals surface area contributed by atoms with Crippen molar-refractivity contribution in [1.29, 1.82) is 0 Å². The second-order valence-corrected chi connectivity index (χ2v) is 5.08. The number of para-hydroxylation sites is 1. The summed E-state index contributed by atoms with van der Waals surface area (Å²) < 4.78 is 5.55. The fourth-order valence-electron chi connectivity index (χ4n) is 2.09. The Morgan fingerprint density at radius 3 is 2.73 bits per heavy atom. The first-order chi connectivity index (χ1) is 10.8. The second-order valence-electron chi connectivity index (χ2n) is 5.08. The van der Waals surface area contributed by atoms with Crippen LogP contribution in [0.15, 0.2) is 54.9 Å². The summed E-state index contributed by atoms with van der Waals surface area (Å²) in [6, 6.07) is 13.6. The molecule has 1 N–H and O–H groups in total. The Hall–Kier alpha value is -2.36. The summed E-state index contributed by atoms with van der Waals surface area (Å²) in [5.41, 5.74) is 1.20. The minimum Gasteiger partial charge on any atom is -0.494 e. The van der Waals surface area contributed by atoms with Gasteiger partial charge in [0.1, 0.15) is 5.75 Å². The molecular formula is C18H22N2O2. The molecule has 22 heavy (non-hydrogen) atoms. The van der Waals surface area contributed by atoms with E-state index < -0.39 is 0 Å². The summed E-state index contributed by atoms with van der Waals surface area (Å²) in [7, 11) is 0. The van der Waals surface area contributed by atoms with Crippen LogP contribution in [0, 0.1) is 0 Å². The summed E-state index contributed by atoms with van der Waals surface area (Å²) in [4.78, 5) is 15.8. The molecule has 1 aromatic carbocycles. The van der Waals surface area contributed by atoms with Crippen LogP contribution in [0.5, 0.6) is 5.75 Å². The first kappa shape index (κ1) is 16.0. The second kappa shape index (κ2) is 9.55. The van der Waals surface area contributed by atoms with Crippen molar-refractivity contribution in [2.75, 3.05) is 13.2 Å². The molecule has 1 aromatic heterocycles. The highest BCUT2D eigenvalue weighted by molar-refractivity contribution is 5.75. The van der Waals surface area contributed by atoms with Gasteiger partial charge in [-0.25, -0.2) is 0 Å². The molecule has 1 amide bonds. The van der Waals surface area contributed by atoms with E-state index in [1.54, 1.807) is 6.20 Å². The topological polar surface area (TPSA) is 51.2 Å². The van der Waals surface area contributed by atoms with Crippen molar-refractivity contribution in [2.24, 2.45) is 0 Å². The number of ether oxygens (including phenoxy) is 1. The molecule has 2 aromatic rings. The molecule has 0 aliphatic rings. The summed E-state index contributed by atoms with van der Waals surface area (Å²) >= 11 is 0. The smallest absolute Gasteiger partial charge is 0.220 e. The number of nitrogens with one attached hydrogen (secondary N) is 1. The van der Waals surface area contributed by atoms with E-state index in [1.165, 1.54) is 5.56 Å². The van der Waals surface area contributed by atoms with Gasteiger partial charge in [0.05, 0.1) is 6.61 Å². The predicted molar refractivity (Wildman–Crippen MR) is 86.7 cm³/mol. The average Bonchev–Trinajstić information content (AvgIpc) is 2.57. The van der Waals surface area contributed by atoms with Crippen LogP contribution in [0.2, 0.25) is 0 Å². The normalized spacial score (nSPS) is 10.2. The first-order valence-electron chi connectivity index (χ1n) is 7.68. The number of benzene rings is 1. The Morgan fingerprint density at radius 1 is 1.09 bits per heavy atom. The van der Waals surface area contributed by atoms with Gasteiger partial charge in [-0.1, -0.05) is 24.3 Å². The summed E-state index contributed by atoms with van der Waals surface area (Å²) in [5, 5.41) is 2.94. The average molecular weight is 298 g/mol. The summed E-state index contributed by atoms with van der Waals surface area (Å²) in [6.07, 6.45) is 6.72. The van der Waals surface area contributed by atoms with E-state index in [-0.39, 0.29) is 5.91 Å². The Kier molecular flexibility index (Phi) is 6.96. The third kappa shape index (κ3) is 6.39. The van der Waals surface area contributed by atoms with E-state index in [0.717, 1.165) is 25.0 Å². The molecule has 0 bridgehead atoms. The fourth-order valence-corrected chi connectivity index (χ4v) is 2.09. The lowest BCUT2D eigenvalue weighted by molar-refractivity contribution is -0.121. The zero-order valence-corrected chi connectivity index (χ0v) is 12.7. The quantitative estimate of drug-likeness (QED) is 0.724. The van der Waals surface area contributed by atoms with Gasteiger partial charge in [-0.3, -0.25) is 9.78 Å². The highest BCUT2D eigenvalue weighted by atomic mass is 16.5. The van der Waals surface area contributed by atoms with Gasteiger partial charge in [0.15, 0.2) is 0 Å². The number of hydrogen-bond acceptors (Lipinski definition) is 3. The van der Waals surface area contributed by atoms with E-state index in [9.17, 15) is 4.79 Å². The van der Waals surface area contributed by atoms with E-state index in [1.807, 2.05) is 42.6 Å². The Bertz CT molecular complexity index is 494. The Balaban J connectivity index is 1.49. The van der Waals surface area contributed by atoms with Gasteiger partial charge in [0.2, 0.25) is 5.91 Å². The largest absolute Gasteiger partial charge is 0.494 e. The molecule has 4 heteroatoms. The standard InChI is InChI=1S/C18H22N2O2/c21-18(11-6-14-22-17-9-2-1-3-10-17)20-13-5-8-16-7-4-12-19-15-16/h1-4,7,9-10,12,15H,5-6,8,11,13-14H2,(H,20,21). The fraction of sp³-hybridized carbons (Fsp3) is 0.333. The van der Waals surface area contributed by atoms with Crippen molar-refractivity contribution in [3.8, 4) is 5.75 Å². The van der Waals surface area contributed by atoms with Crippen molar-refractivity contribution >= 4 is 5.91 Å². The number of carbonyl (C=O) groups is 1. The molecule has 0 spiro atoms. The van der Waals surface area contributed by atoms with Crippen LogP contribution in [0.1, 0.15) is 24.8 Å². The first-order valence-corrected chi connectivity index (χ1v) is 7.68. The molecule has 2 rings (SSSR count). The third-order valence-corrected chi connectivity index (χ3v) is 3.25. The van der Waals surface area contributed by atoms with Gasteiger partial charge in [-0.05, 0) is 43.0 Å². The molecule has 0 unspecified atom stereocenters. The number of amides is 1. The predicted octanol–water partition coefficient (Wildman–Crippen LogP) is 2.99. The molecular weight excluding hydrogens is 276 g/mol. The van der Waals surface area contributed by atoms with E-state index in [4.69, 9.17) is 4.74 Å². The van der Waals surface area contributed by atoms with Crippen LogP contribution in [-0.4, -0.2) is 24.0 Å². The lowest BCUT2D eigenvalue weighted by Gasteiger charge is -2.07. The number of rotatable bonds is 9. The molecule has 0 aliphatic carbocycles. The maximum absolute atomic E-state index is 11.7. The SMILES string of the molecule is O=C(CCCOc1ccccc1)NCCCc1cccnc1. The van der Waals surface area contributed by atoms with Gasteiger partial charge in [-0.2, -0.15) is 0 Å².